The summed E-state index contributed by atoms with van der Waals surface area (Å²) < 4.78 is 0.564. The van der Waals surface area contributed by atoms with Crippen LogP contribution in [0, 0.1) is 5.92 Å². The van der Waals surface area contributed by atoms with E-state index in [0.29, 0.717) is 9.76 Å². The second-order valence-electron chi connectivity index (χ2n) is 3.52. The summed E-state index contributed by atoms with van der Waals surface area (Å²) in [4.78, 5) is 22.5. The molecule has 0 aliphatic heterocycles. The number of carbonyl (C=O) groups excluding carboxylic acids is 2. The zero-order valence-corrected chi connectivity index (χ0v) is 12.6. The molecule has 0 unspecified atom stereocenters. The molecule has 0 aromatic rings. The summed E-state index contributed by atoms with van der Waals surface area (Å²) in [6, 6.07) is 0. The van der Waals surface area contributed by atoms with Crippen molar-refractivity contribution in [1.29, 1.82) is 0 Å². The molecule has 0 heterocycles. The molecule has 0 rings (SSSR count). The van der Waals surface area contributed by atoms with Gasteiger partial charge in [-0.05, 0) is 0 Å². The third-order valence-corrected chi connectivity index (χ3v) is 7.05. The fourth-order valence-corrected chi connectivity index (χ4v) is 4.24. The summed E-state index contributed by atoms with van der Waals surface area (Å²) in [7, 11) is 0. The Bertz CT molecular complexity index is 176. The Kier molecular flexibility index (Phi) is 7.80. The Balaban J connectivity index is 3.56. The van der Waals surface area contributed by atoms with Gasteiger partial charge in [0.05, 0.1) is 0 Å². The minimum atomic E-state index is -1.59. The SMILES string of the molecule is CCCCC[C](=O)[Pb][C](=O)C(C)C. The molecule has 0 aromatic carbocycles. The van der Waals surface area contributed by atoms with E-state index in [1.807, 2.05) is 13.8 Å². The molecule has 0 atom stereocenters. The minimum absolute atomic E-state index is 0.0819. The van der Waals surface area contributed by atoms with Gasteiger partial charge >= 0.3 is 92.9 Å². The summed E-state index contributed by atoms with van der Waals surface area (Å²) in [5.74, 6) is 0.0819. The number of rotatable bonds is 7. The topological polar surface area (TPSA) is 34.1 Å². The molecule has 0 fully saturated rings. The van der Waals surface area contributed by atoms with Crippen molar-refractivity contribution in [2.45, 2.75) is 46.5 Å². The maximum atomic E-state index is 11.3. The molecule has 3 heteroatoms. The van der Waals surface area contributed by atoms with Gasteiger partial charge in [0.25, 0.3) is 0 Å². The molecule has 13 heavy (non-hydrogen) atoms. The van der Waals surface area contributed by atoms with Crippen molar-refractivity contribution < 1.29 is 9.59 Å². The average molecular weight is 377 g/mol. The Labute approximate surface area is 92.7 Å². The summed E-state index contributed by atoms with van der Waals surface area (Å²) in [5, 5.41) is 0. The van der Waals surface area contributed by atoms with Crippen molar-refractivity contribution in [1.82, 2.24) is 0 Å². The molecule has 2 nitrogen and oxygen atoms in total. The molecule has 0 aliphatic carbocycles. The van der Waals surface area contributed by atoms with Crippen molar-refractivity contribution in [3.05, 3.63) is 0 Å². The van der Waals surface area contributed by atoms with Gasteiger partial charge in [-0.1, -0.05) is 0 Å². The first-order valence-electron chi connectivity index (χ1n) is 4.91. The van der Waals surface area contributed by atoms with E-state index in [1.165, 1.54) is 0 Å². The molecule has 0 N–H and O–H groups in total. The Hall–Kier alpha value is 0.262. The van der Waals surface area contributed by atoms with E-state index in [4.69, 9.17) is 0 Å². The molecule has 0 spiro atoms. The molecule has 2 radical (unpaired) electrons. The Morgan fingerprint density at radius 1 is 1.23 bits per heavy atom. The molecule has 0 aliphatic rings. The van der Waals surface area contributed by atoms with Gasteiger partial charge in [0.2, 0.25) is 0 Å². The van der Waals surface area contributed by atoms with Gasteiger partial charge in [-0.25, -0.2) is 0 Å². The zero-order chi connectivity index (χ0) is 10.3. The molecular formula is C10H18O2Pb. The maximum absolute atomic E-state index is 11.3. The summed E-state index contributed by atoms with van der Waals surface area (Å²) in [6.07, 6.45) is 3.90. The molecule has 0 saturated carbocycles. The van der Waals surface area contributed by atoms with E-state index in [0.717, 1.165) is 19.3 Å². The Morgan fingerprint density at radius 2 is 1.85 bits per heavy atom. The van der Waals surface area contributed by atoms with Crippen LogP contribution in [-0.2, 0) is 9.59 Å². The second-order valence-corrected chi connectivity index (χ2v) is 8.58. The molecule has 0 saturated heterocycles. The van der Waals surface area contributed by atoms with Crippen LogP contribution in [-0.4, -0.2) is 30.9 Å². The van der Waals surface area contributed by atoms with Gasteiger partial charge in [-0.15, -0.1) is 0 Å². The second kappa shape index (κ2) is 7.65. The summed E-state index contributed by atoms with van der Waals surface area (Å²) in [6.45, 7) is 5.88. The number of hydrogen-bond donors (Lipinski definition) is 0. The van der Waals surface area contributed by atoms with Gasteiger partial charge in [0, 0.05) is 0 Å². The van der Waals surface area contributed by atoms with Gasteiger partial charge in [-0.3, -0.25) is 0 Å². The van der Waals surface area contributed by atoms with Crippen LogP contribution in [0.5, 0.6) is 0 Å². The quantitative estimate of drug-likeness (QED) is 0.502. The van der Waals surface area contributed by atoms with E-state index >= 15 is 0 Å². The van der Waals surface area contributed by atoms with Crippen LogP contribution in [0.25, 0.3) is 0 Å². The van der Waals surface area contributed by atoms with Crippen LogP contribution in [0.1, 0.15) is 46.5 Å². The van der Waals surface area contributed by atoms with Crippen LogP contribution in [0.3, 0.4) is 0 Å². The molecule has 0 aromatic heterocycles. The first-order valence-corrected chi connectivity index (χ1v) is 8.80. The summed E-state index contributed by atoms with van der Waals surface area (Å²) in [5.41, 5.74) is 0. The van der Waals surface area contributed by atoms with E-state index in [1.54, 1.807) is 0 Å². The molecule has 0 amide bonds. The fraction of sp³-hybridized carbons (Fsp3) is 0.800. The predicted molar refractivity (Wildman–Crippen MR) is 54.7 cm³/mol. The van der Waals surface area contributed by atoms with Crippen LogP contribution in [0.15, 0.2) is 0 Å². The van der Waals surface area contributed by atoms with Crippen LogP contribution >= 0.6 is 0 Å². The van der Waals surface area contributed by atoms with Crippen molar-refractivity contribution in [2.24, 2.45) is 5.92 Å². The van der Waals surface area contributed by atoms with E-state index < -0.39 is 24.2 Å². The van der Waals surface area contributed by atoms with Gasteiger partial charge in [0.1, 0.15) is 0 Å². The zero-order valence-electron chi connectivity index (χ0n) is 8.72. The monoisotopic (exact) mass is 378 g/mol. The fourth-order valence-electron chi connectivity index (χ4n) is 0.880. The van der Waals surface area contributed by atoms with Crippen molar-refractivity contribution in [3.8, 4) is 0 Å². The van der Waals surface area contributed by atoms with Crippen LogP contribution in [0.2, 0.25) is 0 Å². The van der Waals surface area contributed by atoms with E-state index in [-0.39, 0.29) is 9.26 Å². The van der Waals surface area contributed by atoms with Crippen molar-refractivity contribution in [3.63, 3.8) is 0 Å². The normalized spacial score (nSPS) is 10.5. The number of carbonyl (C=O) groups is 2. The third-order valence-electron chi connectivity index (χ3n) is 1.79. The molecule has 74 valence electrons. The first-order chi connectivity index (χ1) is 6.07. The van der Waals surface area contributed by atoms with Crippen LogP contribution < -0.4 is 0 Å². The predicted octanol–water partition coefficient (Wildman–Crippen LogP) is 1.98. The first kappa shape index (κ1) is 13.3. The number of hydrogen-bond acceptors (Lipinski definition) is 2. The molecule has 0 bridgehead atoms. The van der Waals surface area contributed by atoms with Crippen molar-refractivity contribution in [2.75, 3.05) is 0 Å². The van der Waals surface area contributed by atoms with Gasteiger partial charge in [-0.2, -0.15) is 0 Å². The average Bonchev–Trinajstić information content (AvgIpc) is 2.04. The third kappa shape index (κ3) is 7.34. The van der Waals surface area contributed by atoms with Crippen LogP contribution in [0.4, 0.5) is 0 Å². The van der Waals surface area contributed by atoms with E-state index in [2.05, 4.69) is 6.92 Å². The number of unbranched alkanes of at least 4 members (excludes halogenated alkanes) is 2. The van der Waals surface area contributed by atoms with Gasteiger partial charge in [0.15, 0.2) is 0 Å². The standard InChI is InChI=1S/C6H11O.C4H7O.Pb/c1-2-3-4-5-6-7;1-4(2)3-5;/h2-5H2,1H3;4H,1-2H3;. The van der Waals surface area contributed by atoms with Crippen molar-refractivity contribution >= 4 is 30.9 Å². The Morgan fingerprint density at radius 3 is 2.31 bits per heavy atom. The van der Waals surface area contributed by atoms with E-state index in [9.17, 15) is 9.59 Å². The molecular weight excluding hydrogens is 359 g/mol. The summed E-state index contributed by atoms with van der Waals surface area (Å²) >= 11 is -1.59. The van der Waals surface area contributed by atoms with Gasteiger partial charge < -0.3 is 0 Å².